The normalized spacial score (nSPS) is 11.3. The topological polar surface area (TPSA) is 17.8 Å². The Labute approximate surface area is 121 Å². The van der Waals surface area contributed by atoms with Gasteiger partial charge < -0.3 is 4.57 Å². The number of aromatic nitrogens is 2. The molecule has 2 nitrogen and oxygen atoms in total. The molecule has 0 spiro atoms. The van der Waals surface area contributed by atoms with Crippen LogP contribution in [0.4, 0.5) is 0 Å². The van der Waals surface area contributed by atoms with E-state index in [-0.39, 0.29) is 0 Å². The van der Waals surface area contributed by atoms with Crippen LogP contribution >= 0.6 is 22.9 Å². The monoisotopic (exact) mass is 290 g/mol. The second kappa shape index (κ2) is 5.35. The van der Waals surface area contributed by atoms with Gasteiger partial charge >= 0.3 is 0 Å². The minimum absolute atomic E-state index is 0.457. The maximum absolute atomic E-state index is 6.02. The third-order valence-corrected chi connectivity index (χ3v) is 4.44. The zero-order valence-electron chi connectivity index (χ0n) is 10.8. The number of halogens is 1. The molecular formula is C15H15ClN2S. The lowest BCUT2D eigenvalue weighted by Gasteiger charge is -2.06. The molecule has 0 aliphatic carbocycles. The first-order valence-corrected chi connectivity index (χ1v) is 7.73. The number of fused-ring (bicyclic) bond motifs is 1. The molecule has 98 valence electrons. The molecule has 3 aromatic rings. The van der Waals surface area contributed by atoms with E-state index in [2.05, 4.69) is 52.2 Å². The summed E-state index contributed by atoms with van der Waals surface area (Å²) in [5, 5.41) is 2.12. The van der Waals surface area contributed by atoms with Gasteiger partial charge in [-0.3, -0.25) is 0 Å². The van der Waals surface area contributed by atoms with Gasteiger partial charge in [0.1, 0.15) is 5.82 Å². The quantitative estimate of drug-likeness (QED) is 0.652. The van der Waals surface area contributed by atoms with E-state index >= 15 is 0 Å². The van der Waals surface area contributed by atoms with E-state index in [4.69, 9.17) is 11.6 Å². The number of imidazole rings is 1. The van der Waals surface area contributed by atoms with Crippen molar-refractivity contribution in [2.24, 2.45) is 0 Å². The Bertz CT molecular complexity index is 686. The lowest BCUT2D eigenvalue weighted by atomic mass is 10.2. The highest BCUT2D eigenvalue weighted by molar-refractivity contribution is 7.09. The van der Waals surface area contributed by atoms with Gasteiger partial charge in [-0.05, 0) is 42.5 Å². The maximum atomic E-state index is 6.02. The second-order valence-electron chi connectivity index (χ2n) is 4.63. The third-order valence-electron chi connectivity index (χ3n) is 3.26. The van der Waals surface area contributed by atoms with E-state index in [0.717, 1.165) is 24.3 Å². The number of benzene rings is 1. The summed E-state index contributed by atoms with van der Waals surface area (Å²) in [4.78, 5) is 6.02. The summed E-state index contributed by atoms with van der Waals surface area (Å²) in [6.07, 6.45) is 1.03. The van der Waals surface area contributed by atoms with Gasteiger partial charge in [-0.2, -0.15) is 0 Å². The summed E-state index contributed by atoms with van der Waals surface area (Å²) in [6, 6.07) is 10.7. The van der Waals surface area contributed by atoms with Crippen molar-refractivity contribution in [3.05, 3.63) is 52.0 Å². The van der Waals surface area contributed by atoms with Crippen LogP contribution in [0.1, 0.15) is 16.3 Å². The number of rotatable bonds is 4. The molecule has 19 heavy (non-hydrogen) atoms. The van der Waals surface area contributed by atoms with Gasteiger partial charge in [0.25, 0.3) is 0 Å². The van der Waals surface area contributed by atoms with Crippen LogP contribution in [-0.2, 0) is 18.8 Å². The molecule has 2 aromatic heterocycles. The van der Waals surface area contributed by atoms with Gasteiger partial charge in [0.15, 0.2) is 0 Å². The van der Waals surface area contributed by atoms with Crippen molar-refractivity contribution in [2.45, 2.75) is 25.8 Å². The SMILES string of the molecule is Cc1ccc2c(c1)nc(CCl)n2CCc1cccs1. The molecule has 0 atom stereocenters. The van der Waals surface area contributed by atoms with Gasteiger partial charge in [-0.25, -0.2) is 4.98 Å². The standard InChI is InChI=1S/C15H15ClN2S/c1-11-4-5-14-13(9-11)17-15(10-16)18(14)7-6-12-3-2-8-19-12/h2-5,8-9H,6-7,10H2,1H3. The van der Waals surface area contributed by atoms with E-state index in [1.54, 1.807) is 11.3 Å². The Kier molecular flexibility index (Phi) is 3.58. The fourth-order valence-corrected chi connectivity index (χ4v) is 3.22. The predicted molar refractivity (Wildman–Crippen MR) is 82.1 cm³/mol. The average Bonchev–Trinajstić information content (AvgIpc) is 3.02. The van der Waals surface area contributed by atoms with E-state index in [9.17, 15) is 0 Å². The van der Waals surface area contributed by atoms with Crippen molar-refractivity contribution >= 4 is 34.0 Å². The molecule has 0 unspecified atom stereocenters. The van der Waals surface area contributed by atoms with E-state index in [1.165, 1.54) is 16.0 Å². The highest BCUT2D eigenvalue weighted by Crippen LogP contribution is 2.20. The Hall–Kier alpha value is -1.32. The fraction of sp³-hybridized carbons (Fsp3) is 0.267. The van der Waals surface area contributed by atoms with Crippen LogP contribution in [-0.4, -0.2) is 9.55 Å². The molecule has 0 bridgehead atoms. The van der Waals surface area contributed by atoms with Crippen molar-refractivity contribution < 1.29 is 0 Å². The van der Waals surface area contributed by atoms with Crippen LogP contribution in [0.5, 0.6) is 0 Å². The molecule has 0 radical (unpaired) electrons. The van der Waals surface area contributed by atoms with Crippen LogP contribution in [0.25, 0.3) is 11.0 Å². The first-order valence-electron chi connectivity index (χ1n) is 6.32. The number of aryl methyl sites for hydroxylation is 3. The first kappa shape index (κ1) is 12.7. The molecule has 0 aliphatic rings. The van der Waals surface area contributed by atoms with Crippen molar-refractivity contribution in [1.82, 2.24) is 9.55 Å². The molecule has 0 fully saturated rings. The molecule has 1 aromatic carbocycles. The summed E-state index contributed by atoms with van der Waals surface area (Å²) in [5.41, 5.74) is 3.45. The van der Waals surface area contributed by atoms with Crippen LogP contribution in [0.2, 0.25) is 0 Å². The van der Waals surface area contributed by atoms with Crippen molar-refractivity contribution in [1.29, 1.82) is 0 Å². The van der Waals surface area contributed by atoms with E-state index in [0.29, 0.717) is 5.88 Å². The second-order valence-corrected chi connectivity index (χ2v) is 5.93. The fourth-order valence-electron chi connectivity index (χ4n) is 2.32. The molecular weight excluding hydrogens is 276 g/mol. The van der Waals surface area contributed by atoms with Crippen LogP contribution in [0.15, 0.2) is 35.7 Å². The van der Waals surface area contributed by atoms with Gasteiger partial charge in [-0.15, -0.1) is 22.9 Å². The number of nitrogens with zero attached hydrogens (tertiary/aromatic N) is 2. The molecule has 3 rings (SSSR count). The van der Waals surface area contributed by atoms with Gasteiger partial charge in [0, 0.05) is 11.4 Å². The maximum Gasteiger partial charge on any atom is 0.124 e. The summed E-state index contributed by atoms with van der Waals surface area (Å²) >= 11 is 7.82. The van der Waals surface area contributed by atoms with Gasteiger partial charge in [-0.1, -0.05) is 12.1 Å². The van der Waals surface area contributed by atoms with Crippen LogP contribution in [0, 0.1) is 6.92 Å². The zero-order chi connectivity index (χ0) is 13.2. The molecule has 0 aliphatic heterocycles. The minimum atomic E-state index is 0.457. The lowest BCUT2D eigenvalue weighted by Crippen LogP contribution is -2.04. The first-order chi connectivity index (χ1) is 9.28. The molecule has 4 heteroatoms. The van der Waals surface area contributed by atoms with Gasteiger partial charge in [0.2, 0.25) is 0 Å². The summed E-state index contributed by atoms with van der Waals surface area (Å²) in [7, 11) is 0. The zero-order valence-corrected chi connectivity index (χ0v) is 12.3. The highest BCUT2D eigenvalue weighted by atomic mass is 35.5. The number of hydrogen-bond acceptors (Lipinski definition) is 2. The van der Waals surface area contributed by atoms with Gasteiger partial charge in [0.05, 0.1) is 16.9 Å². The molecule has 0 saturated heterocycles. The Morgan fingerprint density at radius 1 is 1.32 bits per heavy atom. The van der Waals surface area contributed by atoms with Crippen LogP contribution in [0.3, 0.4) is 0 Å². The summed E-state index contributed by atoms with van der Waals surface area (Å²) in [6.45, 7) is 3.02. The highest BCUT2D eigenvalue weighted by Gasteiger charge is 2.10. The molecule has 2 heterocycles. The molecule has 0 N–H and O–H groups in total. The number of hydrogen-bond donors (Lipinski definition) is 0. The van der Waals surface area contributed by atoms with Crippen LogP contribution < -0.4 is 0 Å². The number of thiophene rings is 1. The predicted octanol–water partition coefficient (Wildman–Crippen LogP) is 4.39. The van der Waals surface area contributed by atoms with Crippen molar-refractivity contribution in [3.8, 4) is 0 Å². The number of alkyl halides is 1. The lowest BCUT2D eigenvalue weighted by molar-refractivity contribution is 0.693. The Balaban J connectivity index is 1.96. The molecule has 0 amide bonds. The van der Waals surface area contributed by atoms with E-state index < -0.39 is 0 Å². The molecule has 0 saturated carbocycles. The van der Waals surface area contributed by atoms with E-state index in [1.807, 2.05) is 0 Å². The summed E-state index contributed by atoms with van der Waals surface area (Å²) < 4.78 is 2.24. The average molecular weight is 291 g/mol. The smallest absolute Gasteiger partial charge is 0.124 e. The largest absolute Gasteiger partial charge is 0.327 e. The van der Waals surface area contributed by atoms with Crippen molar-refractivity contribution in [3.63, 3.8) is 0 Å². The van der Waals surface area contributed by atoms with Crippen molar-refractivity contribution in [2.75, 3.05) is 0 Å². The Morgan fingerprint density at radius 2 is 2.21 bits per heavy atom. The summed E-state index contributed by atoms with van der Waals surface area (Å²) in [5.74, 6) is 1.41. The Morgan fingerprint density at radius 3 is 2.95 bits per heavy atom. The minimum Gasteiger partial charge on any atom is -0.327 e. The third kappa shape index (κ3) is 2.53.